The molecule has 0 amide bonds. The molecule has 3 heteroatoms. The fraction of sp³-hybridized carbons (Fsp3) is 0.200. The van der Waals surface area contributed by atoms with Crippen LogP contribution in [0.5, 0.6) is 0 Å². The summed E-state index contributed by atoms with van der Waals surface area (Å²) in [6, 6.07) is 40.7. The van der Waals surface area contributed by atoms with E-state index >= 15 is 0 Å². The molecule has 6 aromatic carbocycles. The first-order valence-corrected chi connectivity index (χ1v) is 20.4. The number of hydrogen-bond acceptors (Lipinski definition) is 2. The third-order valence-electron chi connectivity index (χ3n) is 9.47. The average molecular weight is 857 g/mol. The quantitative estimate of drug-likeness (QED) is 0.0850. The van der Waals surface area contributed by atoms with Crippen molar-refractivity contribution in [2.75, 3.05) is 0 Å². The van der Waals surface area contributed by atoms with E-state index in [-0.39, 0.29) is 0 Å². The summed E-state index contributed by atoms with van der Waals surface area (Å²) in [5, 5.41) is 0. The monoisotopic (exact) mass is 856 g/mol. The van der Waals surface area contributed by atoms with Crippen LogP contribution in [-0.2, 0) is 0 Å². The Morgan fingerprint density at radius 3 is 0.729 bits per heavy atom. The first-order valence-electron chi connectivity index (χ1n) is 16.6. The predicted molar refractivity (Wildman–Crippen MR) is 214 cm³/mol. The van der Waals surface area contributed by atoms with E-state index in [9.17, 15) is 0 Å². The second-order valence-corrected chi connectivity index (χ2v) is 20.4. The summed E-state index contributed by atoms with van der Waals surface area (Å²) < 4.78 is 0.340. The SMILES string of the molecule is Cc1cccc(C)c1-c1cccc(-c2c(C)cccc2C)c1S[CH]([Bi])Sc1c(-c2c(C)cccc2C)cccc1-c1c(C)cccc1C. The molecule has 0 nitrogen and oxygen atoms in total. The Hall–Kier alpha value is -3.10. The van der Waals surface area contributed by atoms with Crippen molar-refractivity contribution in [2.45, 2.75) is 67.5 Å². The number of thioether (sulfide) groups is 2. The number of hydrogen-bond donors (Lipinski definition) is 0. The van der Waals surface area contributed by atoms with Crippen molar-refractivity contribution in [3.05, 3.63) is 154 Å². The van der Waals surface area contributed by atoms with Crippen LogP contribution >= 0.6 is 23.5 Å². The maximum absolute atomic E-state index is 2.34. The molecule has 0 aliphatic rings. The third kappa shape index (κ3) is 6.85. The fourth-order valence-corrected chi connectivity index (χ4v) is 12.1. The van der Waals surface area contributed by atoms with E-state index in [1.165, 1.54) is 124 Å². The molecule has 240 valence electrons. The molecule has 0 N–H and O–H groups in total. The minimum absolute atomic E-state index is 0.340. The van der Waals surface area contributed by atoms with Crippen LogP contribution in [0.25, 0.3) is 44.5 Å². The molecule has 0 saturated carbocycles. The molecule has 0 aliphatic heterocycles. The molecule has 0 atom stereocenters. The van der Waals surface area contributed by atoms with Gasteiger partial charge in [0, 0.05) is 0 Å². The van der Waals surface area contributed by atoms with E-state index in [1.807, 2.05) is 0 Å². The Morgan fingerprint density at radius 2 is 0.521 bits per heavy atom. The summed E-state index contributed by atoms with van der Waals surface area (Å²) in [4.78, 5) is 2.76. The van der Waals surface area contributed by atoms with Crippen molar-refractivity contribution in [3.8, 4) is 44.5 Å². The first-order chi connectivity index (χ1) is 23.1. The molecule has 0 saturated heterocycles. The Labute approximate surface area is 311 Å². The van der Waals surface area contributed by atoms with Gasteiger partial charge in [-0.3, -0.25) is 0 Å². The average Bonchev–Trinajstić information content (AvgIpc) is 3.03. The van der Waals surface area contributed by atoms with E-state index in [2.05, 4.69) is 188 Å². The van der Waals surface area contributed by atoms with Crippen molar-refractivity contribution in [1.82, 2.24) is 0 Å². The molecule has 0 bridgehead atoms. The zero-order valence-corrected chi connectivity index (χ0v) is 34.3. The topological polar surface area (TPSA) is 0 Å². The van der Waals surface area contributed by atoms with Gasteiger partial charge in [0.25, 0.3) is 0 Å². The van der Waals surface area contributed by atoms with Crippen LogP contribution in [0.1, 0.15) is 44.5 Å². The summed E-state index contributed by atoms with van der Waals surface area (Å²) >= 11 is 5.39. The zero-order valence-electron chi connectivity index (χ0n) is 29.2. The molecule has 0 unspecified atom stereocenters. The zero-order chi connectivity index (χ0) is 34.1. The van der Waals surface area contributed by atoms with Crippen molar-refractivity contribution in [3.63, 3.8) is 0 Å². The molecular weight excluding hydrogens is 814 g/mol. The van der Waals surface area contributed by atoms with Crippen LogP contribution in [0.4, 0.5) is 0 Å². The summed E-state index contributed by atoms with van der Waals surface area (Å²) in [5.74, 6) is 0. The van der Waals surface area contributed by atoms with Gasteiger partial charge in [0.1, 0.15) is 0 Å². The summed E-state index contributed by atoms with van der Waals surface area (Å²) in [6.07, 6.45) is 0. The standard InChI is InChI=1S/C45H43S2.Bi/c1-28-15-9-16-29(2)40(28)36-23-13-24-37(41-30(3)17-10-18-31(41)4)44(36)46-27-47-45-38(42-32(5)19-11-20-33(42)6)25-14-26-39(45)43-34(7)21-12-22-35(43)8;/h9-27H,1-8H3;. The number of benzene rings is 6. The molecule has 0 fully saturated rings. The molecule has 6 rings (SSSR count). The first kappa shape index (κ1) is 34.8. The number of rotatable bonds is 8. The summed E-state index contributed by atoms with van der Waals surface area (Å²) in [7, 11) is 0. The van der Waals surface area contributed by atoms with Gasteiger partial charge in [-0.05, 0) is 0 Å². The van der Waals surface area contributed by atoms with Crippen LogP contribution in [0.3, 0.4) is 0 Å². The van der Waals surface area contributed by atoms with E-state index in [0.717, 1.165) is 0 Å². The third-order valence-corrected chi connectivity index (χ3v) is 14.3. The Balaban J connectivity index is 1.55. The molecule has 48 heavy (non-hydrogen) atoms. The van der Waals surface area contributed by atoms with Crippen LogP contribution in [0.2, 0.25) is 0 Å². The van der Waals surface area contributed by atoms with Gasteiger partial charge in [0.05, 0.1) is 0 Å². The normalized spacial score (nSPS) is 11.4. The predicted octanol–water partition coefficient (Wildman–Crippen LogP) is 13.2. The van der Waals surface area contributed by atoms with Gasteiger partial charge in [-0.25, -0.2) is 0 Å². The van der Waals surface area contributed by atoms with Crippen molar-refractivity contribution in [2.24, 2.45) is 0 Å². The Bertz CT molecular complexity index is 1770. The van der Waals surface area contributed by atoms with Gasteiger partial charge in [-0.1, -0.05) is 0 Å². The van der Waals surface area contributed by atoms with Gasteiger partial charge in [-0.15, -0.1) is 0 Å². The fourth-order valence-electron chi connectivity index (χ4n) is 7.30. The van der Waals surface area contributed by atoms with Gasteiger partial charge in [0.2, 0.25) is 0 Å². The molecule has 0 aliphatic carbocycles. The minimum atomic E-state index is 0.340. The van der Waals surface area contributed by atoms with Gasteiger partial charge in [-0.2, -0.15) is 0 Å². The van der Waals surface area contributed by atoms with E-state index in [4.69, 9.17) is 0 Å². The van der Waals surface area contributed by atoms with Crippen LogP contribution in [-0.4, -0.2) is 27.0 Å². The van der Waals surface area contributed by atoms with E-state index in [0.29, 0.717) is 2.29 Å². The van der Waals surface area contributed by atoms with Gasteiger partial charge >= 0.3 is 314 Å². The Morgan fingerprint density at radius 1 is 0.333 bits per heavy atom. The van der Waals surface area contributed by atoms with Crippen molar-refractivity contribution < 1.29 is 0 Å². The maximum atomic E-state index is 2.34. The van der Waals surface area contributed by atoms with Gasteiger partial charge in [0.15, 0.2) is 0 Å². The molecule has 6 aromatic rings. The molecule has 2 radical (unpaired) electrons. The summed E-state index contributed by atoms with van der Waals surface area (Å²) in [6.45, 7) is 18.0. The molecule has 0 heterocycles. The van der Waals surface area contributed by atoms with Crippen molar-refractivity contribution >= 4 is 48.2 Å². The van der Waals surface area contributed by atoms with Gasteiger partial charge < -0.3 is 0 Å². The van der Waals surface area contributed by atoms with Crippen LogP contribution in [0, 0.1) is 55.4 Å². The number of aryl methyl sites for hydroxylation is 8. The second kappa shape index (κ2) is 14.8. The molecule has 0 spiro atoms. The van der Waals surface area contributed by atoms with E-state index < -0.39 is 0 Å². The van der Waals surface area contributed by atoms with Crippen LogP contribution in [0.15, 0.2) is 119 Å². The molecule has 0 aromatic heterocycles. The Kier molecular flexibility index (Phi) is 10.7. The van der Waals surface area contributed by atoms with E-state index in [1.54, 1.807) is 0 Å². The second-order valence-electron chi connectivity index (χ2n) is 13.0. The summed E-state index contributed by atoms with van der Waals surface area (Å²) in [5.41, 5.74) is 21.4. The molecular formula is C45H43BiS2. The van der Waals surface area contributed by atoms with Crippen LogP contribution < -0.4 is 0 Å². The van der Waals surface area contributed by atoms with Crippen molar-refractivity contribution in [1.29, 1.82) is 0 Å².